The van der Waals surface area contributed by atoms with Gasteiger partial charge < -0.3 is 15.4 Å². The average Bonchev–Trinajstić information content (AvgIpc) is 2.52. The normalized spacial score (nSPS) is 12.1. The van der Waals surface area contributed by atoms with Gasteiger partial charge in [0.2, 0.25) is 5.88 Å². The van der Waals surface area contributed by atoms with E-state index in [9.17, 15) is 13.2 Å². The molecule has 0 unspecified atom stereocenters. The topological polar surface area (TPSA) is 58.5 Å². The Bertz CT molecular complexity index is 492. The van der Waals surface area contributed by atoms with E-state index in [0.717, 1.165) is 31.4 Å². The molecular formula is C15H23F3N4O. The third kappa shape index (κ3) is 8.90. The second-order valence-electron chi connectivity index (χ2n) is 4.97. The summed E-state index contributed by atoms with van der Waals surface area (Å²) in [4.78, 5) is 7.85. The molecular weight excluding hydrogens is 309 g/mol. The molecule has 0 spiro atoms. The van der Waals surface area contributed by atoms with Crippen LogP contribution in [0.25, 0.3) is 0 Å². The zero-order chi connectivity index (χ0) is 17.1. The van der Waals surface area contributed by atoms with Gasteiger partial charge in [-0.25, -0.2) is 4.98 Å². The number of halogens is 3. The Morgan fingerprint density at radius 1 is 1.30 bits per heavy atom. The molecule has 0 aliphatic rings. The number of aliphatic imine (C=N–C) groups is 1. The zero-order valence-corrected chi connectivity index (χ0v) is 13.4. The van der Waals surface area contributed by atoms with E-state index < -0.39 is 12.8 Å². The first kappa shape index (κ1) is 19.1. The first-order chi connectivity index (χ1) is 10.9. The van der Waals surface area contributed by atoms with Gasteiger partial charge in [-0.15, -0.1) is 0 Å². The Kier molecular flexibility index (Phi) is 8.21. The summed E-state index contributed by atoms with van der Waals surface area (Å²) in [6.45, 7) is 2.02. The molecule has 1 rings (SSSR count). The van der Waals surface area contributed by atoms with Crippen LogP contribution in [0.5, 0.6) is 5.88 Å². The summed E-state index contributed by atoms with van der Waals surface area (Å²) >= 11 is 0. The number of unbranched alkanes of at least 4 members (excludes halogenated alkanes) is 2. The van der Waals surface area contributed by atoms with Gasteiger partial charge in [0.15, 0.2) is 12.6 Å². The molecule has 0 fully saturated rings. The van der Waals surface area contributed by atoms with E-state index in [4.69, 9.17) is 0 Å². The highest BCUT2D eigenvalue weighted by atomic mass is 19.4. The van der Waals surface area contributed by atoms with Gasteiger partial charge >= 0.3 is 6.18 Å². The standard InChI is InChI=1S/C15H23F3N4O/c1-3-4-5-7-21-14(19-2)22-10-12-6-8-20-13(9-12)23-11-15(16,17)18/h6,8-9H,3-5,7,10-11H2,1-2H3,(H2,19,21,22). The van der Waals surface area contributed by atoms with Crippen LogP contribution in [0.4, 0.5) is 13.2 Å². The molecule has 23 heavy (non-hydrogen) atoms. The largest absolute Gasteiger partial charge is 0.468 e. The lowest BCUT2D eigenvalue weighted by atomic mass is 10.2. The predicted octanol–water partition coefficient (Wildman–Crippen LogP) is 2.88. The van der Waals surface area contributed by atoms with E-state index in [1.54, 1.807) is 13.1 Å². The fraction of sp³-hybridized carbons (Fsp3) is 0.600. The van der Waals surface area contributed by atoms with Gasteiger partial charge in [-0.05, 0) is 18.1 Å². The molecule has 1 heterocycles. The first-order valence-electron chi connectivity index (χ1n) is 7.53. The SMILES string of the molecule is CCCCCNC(=NC)NCc1ccnc(OCC(F)(F)F)c1. The number of nitrogens with one attached hydrogen (secondary N) is 2. The highest BCUT2D eigenvalue weighted by Crippen LogP contribution is 2.17. The maximum Gasteiger partial charge on any atom is 0.422 e. The number of rotatable bonds is 8. The van der Waals surface area contributed by atoms with Crippen LogP contribution in [0.3, 0.4) is 0 Å². The second-order valence-corrected chi connectivity index (χ2v) is 4.97. The zero-order valence-electron chi connectivity index (χ0n) is 13.4. The van der Waals surface area contributed by atoms with Crippen molar-refractivity contribution in [3.8, 4) is 5.88 Å². The molecule has 0 aliphatic heterocycles. The van der Waals surface area contributed by atoms with Crippen molar-refractivity contribution in [1.82, 2.24) is 15.6 Å². The van der Waals surface area contributed by atoms with Gasteiger partial charge in [-0.1, -0.05) is 19.8 Å². The minimum Gasteiger partial charge on any atom is -0.468 e. The van der Waals surface area contributed by atoms with E-state index >= 15 is 0 Å². The Balaban J connectivity index is 2.44. The third-order valence-electron chi connectivity index (χ3n) is 2.94. The van der Waals surface area contributed by atoms with Crippen molar-refractivity contribution in [2.24, 2.45) is 4.99 Å². The number of nitrogens with zero attached hydrogens (tertiary/aromatic N) is 2. The first-order valence-corrected chi connectivity index (χ1v) is 7.53. The van der Waals surface area contributed by atoms with Gasteiger partial charge in [0, 0.05) is 32.4 Å². The van der Waals surface area contributed by atoms with Gasteiger partial charge in [0.05, 0.1) is 0 Å². The fourth-order valence-corrected chi connectivity index (χ4v) is 1.78. The highest BCUT2D eigenvalue weighted by Gasteiger charge is 2.28. The summed E-state index contributed by atoms with van der Waals surface area (Å²) in [5.41, 5.74) is 0.758. The molecule has 0 amide bonds. The minimum atomic E-state index is -4.37. The number of guanidine groups is 1. The van der Waals surface area contributed by atoms with Crippen molar-refractivity contribution in [1.29, 1.82) is 0 Å². The number of ether oxygens (including phenoxy) is 1. The summed E-state index contributed by atoms with van der Waals surface area (Å²) in [6.07, 6.45) is 0.391. The molecule has 1 aromatic heterocycles. The van der Waals surface area contributed by atoms with Gasteiger partial charge in [0.1, 0.15) is 0 Å². The van der Waals surface area contributed by atoms with Crippen LogP contribution >= 0.6 is 0 Å². The molecule has 5 nitrogen and oxygen atoms in total. The lowest BCUT2D eigenvalue weighted by molar-refractivity contribution is -0.154. The molecule has 130 valence electrons. The van der Waals surface area contributed by atoms with Crippen LogP contribution in [-0.2, 0) is 6.54 Å². The van der Waals surface area contributed by atoms with Crippen LogP contribution in [0, 0.1) is 0 Å². The second kappa shape index (κ2) is 9.91. The van der Waals surface area contributed by atoms with Crippen molar-refractivity contribution in [3.05, 3.63) is 23.9 Å². The molecule has 0 bridgehead atoms. The Labute approximate surface area is 134 Å². The Morgan fingerprint density at radius 2 is 2.09 bits per heavy atom. The summed E-state index contributed by atoms with van der Waals surface area (Å²) in [7, 11) is 1.67. The monoisotopic (exact) mass is 332 g/mol. The fourth-order valence-electron chi connectivity index (χ4n) is 1.78. The molecule has 8 heteroatoms. The Hall–Kier alpha value is -1.99. The van der Waals surface area contributed by atoms with Crippen LogP contribution < -0.4 is 15.4 Å². The van der Waals surface area contributed by atoms with Gasteiger partial charge in [-0.2, -0.15) is 13.2 Å². The molecule has 2 N–H and O–H groups in total. The number of aromatic nitrogens is 1. The summed E-state index contributed by atoms with van der Waals surface area (Å²) in [6, 6.07) is 3.18. The molecule has 0 saturated heterocycles. The molecule has 1 aromatic rings. The smallest absolute Gasteiger partial charge is 0.422 e. The maximum absolute atomic E-state index is 12.1. The van der Waals surface area contributed by atoms with Crippen molar-refractivity contribution in [2.45, 2.75) is 38.9 Å². The van der Waals surface area contributed by atoms with E-state index in [-0.39, 0.29) is 5.88 Å². The Morgan fingerprint density at radius 3 is 2.74 bits per heavy atom. The van der Waals surface area contributed by atoms with E-state index in [0.29, 0.717) is 12.5 Å². The quantitative estimate of drug-likeness (QED) is 0.437. The van der Waals surface area contributed by atoms with Crippen LogP contribution in [0.2, 0.25) is 0 Å². The van der Waals surface area contributed by atoms with E-state index in [2.05, 4.69) is 32.3 Å². The van der Waals surface area contributed by atoms with Crippen molar-refractivity contribution >= 4 is 5.96 Å². The van der Waals surface area contributed by atoms with Crippen molar-refractivity contribution in [3.63, 3.8) is 0 Å². The highest BCUT2D eigenvalue weighted by molar-refractivity contribution is 5.79. The average molecular weight is 332 g/mol. The van der Waals surface area contributed by atoms with E-state index in [1.165, 1.54) is 12.3 Å². The van der Waals surface area contributed by atoms with Crippen molar-refractivity contribution < 1.29 is 17.9 Å². The minimum absolute atomic E-state index is 0.0486. The van der Waals surface area contributed by atoms with Gasteiger partial charge in [-0.3, -0.25) is 4.99 Å². The van der Waals surface area contributed by atoms with Crippen LogP contribution in [0.15, 0.2) is 23.3 Å². The molecule has 0 aliphatic carbocycles. The predicted molar refractivity (Wildman–Crippen MR) is 83.5 cm³/mol. The van der Waals surface area contributed by atoms with Crippen LogP contribution in [-0.4, -0.2) is 37.3 Å². The molecule has 0 saturated carbocycles. The molecule has 0 aromatic carbocycles. The lowest BCUT2D eigenvalue weighted by Gasteiger charge is -2.12. The third-order valence-corrected chi connectivity index (χ3v) is 2.94. The summed E-state index contributed by atoms with van der Waals surface area (Å²) < 4.78 is 41.0. The molecule has 0 radical (unpaired) electrons. The van der Waals surface area contributed by atoms with E-state index in [1.807, 2.05) is 0 Å². The van der Waals surface area contributed by atoms with Crippen molar-refractivity contribution in [2.75, 3.05) is 20.2 Å². The number of pyridine rings is 1. The number of hydrogen-bond acceptors (Lipinski definition) is 3. The van der Waals surface area contributed by atoms with Gasteiger partial charge in [0.25, 0.3) is 0 Å². The number of alkyl halides is 3. The lowest BCUT2D eigenvalue weighted by Crippen LogP contribution is -2.37. The summed E-state index contributed by atoms with van der Waals surface area (Å²) in [5, 5.41) is 6.27. The maximum atomic E-state index is 12.1. The van der Waals surface area contributed by atoms with Crippen LogP contribution in [0.1, 0.15) is 31.7 Å². The molecule has 0 atom stereocenters. The summed E-state index contributed by atoms with van der Waals surface area (Å²) in [5.74, 6) is 0.600. The number of hydrogen-bond donors (Lipinski definition) is 2.